The number of aliphatic imine (C=N–C) groups is 1. The van der Waals surface area contributed by atoms with Gasteiger partial charge in [0.25, 0.3) is 0 Å². The summed E-state index contributed by atoms with van der Waals surface area (Å²) < 4.78 is 0. The summed E-state index contributed by atoms with van der Waals surface area (Å²) in [6.07, 6.45) is 8.64. The van der Waals surface area contributed by atoms with E-state index in [0.717, 1.165) is 0 Å². The van der Waals surface area contributed by atoms with Crippen molar-refractivity contribution in [3.8, 4) is 0 Å². The van der Waals surface area contributed by atoms with Crippen molar-refractivity contribution < 1.29 is 9.90 Å². The Morgan fingerprint density at radius 2 is 2.19 bits per heavy atom. The molecule has 6 heteroatoms. The first-order chi connectivity index (χ1) is 7.70. The summed E-state index contributed by atoms with van der Waals surface area (Å²) in [6, 6.07) is -0.880. The SMILES string of the molecule is CCC1(n2nccn2)C=CC=NC1C(=O)O. The molecule has 16 heavy (non-hydrogen) atoms. The number of aliphatic carboxylic acids is 1. The molecule has 0 amide bonds. The second-order valence-corrected chi connectivity index (χ2v) is 3.56. The van der Waals surface area contributed by atoms with Gasteiger partial charge in [-0.05, 0) is 12.5 Å². The van der Waals surface area contributed by atoms with Crippen LogP contribution in [0, 0.1) is 0 Å². The molecule has 2 heterocycles. The van der Waals surface area contributed by atoms with E-state index < -0.39 is 17.6 Å². The van der Waals surface area contributed by atoms with Crippen LogP contribution in [0.15, 0.2) is 29.5 Å². The number of carbonyl (C=O) groups is 1. The van der Waals surface area contributed by atoms with Crippen molar-refractivity contribution in [2.45, 2.75) is 24.9 Å². The van der Waals surface area contributed by atoms with Gasteiger partial charge in [-0.3, -0.25) is 4.99 Å². The fraction of sp³-hybridized carbons (Fsp3) is 0.400. The van der Waals surface area contributed by atoms with Crippen LogP contribution in [0.4, 0.5) is 0 Å². The third-order valence-corrected chi connectivity index (χ3v) is 2.77. The molecular weight excluding hydrogens is 208 g/mol. The standard InChI is InChI=1S/C10H12N4O2/c1-2-10(14-12-6-7-13-14)4-3-5-11-8(10)9(15)16/h3-8H,2H2,1H3,(H,15,16). The van der Waals surface area contributed by atoms with Gasteiger partial charge in [0.2, 0.25) is 0 Å². The van der Waals surface area contributed by atoms with Crippen molar-refractivity contribution in [2.75, 3.05) is 0 Å². The molecule has 6 nitrogen and oxygen atoms in total. The number of hydrogen-bond donors (Lipinski definition) is 1. The molecule has 2 rings (SSSR count). The van der Waals surface area contributed by atoms with Gasteiger partial charge < -0.3 is 5.11 Å². The Kier molecular flexibility index (Phi) is 2.55. The highest BCUT2D eigenvalue weighted by atomic mass is 16.4. The fourth-order valence-electron chi connectivity index (χ4n) is 1.90. The van der Waals surface area contributed by atoms with Crippen molar-refractivity contribution in [2.24, 2.45) is 4.99 Å². The molecule has 0 fully saturated rings. The van der Waals surface area contributed by atoms with Crippen molar-refractivity contribution in [1.29, 1.82) is 0 Å². The van der Waals surface area contributed by atoms with Crippen LogP contribution >= 0.6 is 0 Å². The number of allylic oxidation sites excluding steroid dienone is 1. The first-order valence-electron chi connectivity index (χ1n) is 5.01. The lowest BCUT2D eigenvalue weighted by Gasteiger charge is -2.33. The van der Waals surface area contributed by atoms with Crippen LogP contribution in [-0.4, -0.2) is 38.3 Å². The van der Waals surface area contributed by atoms with E-state index >= 15 is 0 Å². The second-order valence-electron chi connectivity index (χ2n) is 3.56. The summed E-state index contributed by atoms with van der Waals surface area (Å²) in [5.74, 6) is -0.972. The number of nitrogens with zero attached hydrogens (tertiary/aromatic N) is 4. The van der Waals surface area contributed by atoms with Gasteiger partial charge in [-0.1, -0.05) is 13.0 Å². The number of carboxylic acids is 1. The first kappa shape index (κ1) is 10.5. The van der Waals surface area contributed by atoms with Gasteiger partial charge in [0.05, 0.1) is 12.4 Å². The quantitative estimate of drug-likeness (QED) is 0.803. The Balaban J connectivity index is 2.50. The van der Waals surface area contributed by atoms with Crippen LogP contribution in [0.25, 0.3) is 0 Å². The maximum atomic E-state index is 11.2. The van der Waals surface area contributed by atoms with Crippen LogP contribution in [0.1, 0.15) is 13.3 Å². The van der Waals surface area contributed by atoms with E-state index in [4.69, 9.17) is 0 Å². The molecule has 0 aliphatic carbocycles. The van der Waals surface area contributed by atoms with Crippen molar-refractivity contribution in [3.63, 3.8) is 0 Å². The predicted octanol–water partition coefficient (Wildman–Crippen LogP) is 0.477. The Bertz CT molecular complexity index is 438. The number of aromatic nitrogens is 3. The highest BCUT2D eigenvalue weighted by molar-refractivity contribution is 5.83. The lowest BCUT2D eigenvalue weighted by Crippen LogP contribution is -2.48. The van der Waals surface area contributed by atoms with Crippen LogP contribution in [0.2, 0.25) is 0 Å². The molecule has 0 bridgehead atoms. The average Bonchev–Trinajstić information content (AvgIpc) is 2.82. The van der Waals surface area contributed by atoms with Gasteiger partial charge in [0, 0.05) is 6.21 Å². The van der Waals surface area contributed by atoms with Gasteiger partial charge in [-0.2, -0.15) is 15.0 Å². The van der Waals surface area contributed by atoms with E-state index in [0.29, 0.717) is 6.42 Å². The van der Waals surface area contributed by atoms with Crippen LogP contribution in [0.5, 0.6) is 0 Å². The Morgan fingerprint density at radius 3 is 2.75 bits per heavy atom. The molecule has 1 aliphatic heterocycles. The summed E-state index contributed by atoms with van der Waals surface area (Å²) in [7, 11) is 0. The van der Waals surface area contributed by atoms with E-state index in [9.17, 15) is 9.90 Å². The topological polar surface area (TPSA) is 80.4 Å². The zero-order chi connectivity index (χ0) is 11.6. The van der Waals surface area contributed by atoms with Gasteiger partial charge in [-0.25, -0.2) is 4.79 Å². The van der Waals surface area contributed by atoms with Gasteiger partial charge in [0.1, 0.15) is 5.54 Å². The average molecular weight is 220 g/mol. The summed E-state index contributed by atoms with van der Waals surface area (Å²) in [4.78, 5) is 16.6. The summed E-state index contributed by atoms with van der Waals surface area (Å²) in [5.41, 5.74) is -0.802. The molecule has 2 unspecified atom stereocenters. The smallest absolute Gasteiger partial charge is 0.331 e. The second kappa shape index (κ2) is 3.88. The van der Waals surface area contributed by atoms with Crippen molar-refractivity contribution in [3.05, 3.63) is 24.5 Å². The molecule has 0 radical (unpaired) electrons. The van der Waals surface area contributed by atoms with Crippen LogP contribution in [0.3, 0.4) is 0 Å². The minimum absolute atomic E-state index is 0.562. The number of carboxylic acid groups (broad SMARTS) is 1. The third-order valence-electron chi connectivity index (χ3n) is 2.77. The molecule has 1 N–H and O–H groups in total. The Labute approximate surface area is 92.3 Å². The minimum Gasteiger partial charge on any atom is -0.480 e. The lowest BCUT2D eigenvalue weighted by atomic mass is 9.86. The fourth-order valence-corrected chi connectivity index (χ4v) is 1.90. The highest BCUT2D eigenvalue weighted by Gasteiger charge is 2.44. The maximum Gasteiger partial charge on any atom is 0.331 e. The Morgan fingerprint density at radius 1 is 1.50 bits per heavy atom. The molecule has 0 saturated heterocycles. The lowest BCUT2D eigenvalue weighted by molar-refractivity contribution is -0.141. The molecule has 1 aliphatic rings. The van der Waals surface area contributed by atoms with Crippen LogP contribution < -0.4 is 0 Å². The predicted molar refractivity (Wildman–Crippen MR) is 57.3 cm³/mol. The Hall–Kier alpha value is -1.98. The van der Waals surface area contributed by atoms with Gasteiger partial charge >= 0.3 is 5.97 Å². The largest absolute Gasteiger partial charge is 0.480 e. The molecular formula is C10H12N4O2. The minimum atomic E-state index is -0.972. The zero-order valence-corrected chi connectivity index (χ0v) is 8.82. The van der Waals surface area contributed by atoms with Crippen LogP contribution in [-0.2, 0) is 10.3 Å². The molecule has 0 saturated carbocycles. The first-order valence-corrected chi connectivity index (χ1v) is 5.01. The number of dihydropyridines is 1. The summed E-state index contributed by atoms with van der Waals surface area (Å²) in [5, 5.41) is 17.3. The summed E-state index contributed by atoms with van der Waals surface area (Å²) in [6.45, 7) is 1.89. The summed E-state index contributed by atoms with van der Waals surface area (Å²) >= 11 is 0. The molecule has 2 atom stereocenters. The van der Waals surface area contributed by atoms with Gasteiger partial charge in [-0.15, -0.1) is 0 Å². The van der Waals surface area contributed by atoms with E-state index in [1.54, 1.807) is 12.2 Å². The normalized spacial score (nSPS) is 28.2. The monoisotopic (exact) mass is 220 g/mol. The number of rotatable bonds is 3. The molecule has 0 spiro atoms. The van der Waals surface area contributed by atoms with Crippen molar-refractivity contribution >= 4 is 12.2 Å². The molecule has 0 aromatic carbocycles. The van der Waals surface area contributed by atoms with E-state index in [-0.39, 0.29) is 0 Å². The van der Waals surface area contributed by atoms with E-state index in [2.05, 4.69) is 15.2 Å². The number of hydrogen-bond acceptors (Lipinski definition) is 4. The zero-order valence-electron chi connectivity index (χ0n) is 8.82. The van der Waals surface area contributed by atoms with E-state index in [1.807, 2.05) is 6.92 Å². The third kappa shape index (κ3) is 1.42. The highest BCUT2D eigenvalue weighted by Crippen LogP contribution is 2.29. The molecule has 1 aromatic rings. The maximum absolute atomic E-state index is 11.2. The molecule has 84 valence electrons. The van der Waals surface area contributed by atoms with Crippen molar-refractivity contribution in [1.82, 2.24) is 15.0 Å². The van der Waals surface area contributed by atoms with E-state index in [1.165, 1.54) is 23.4 Å². The van der Waals surface area contributed by atoms with Gasteiger partial charge in [0.15, 0.2) is 6.04 Å². The molecule has 1 aromatic heterocycles.